The first-order valence-corrected chi connectivity index (χ1v) is 4.58. The average Bonchev–Trinajstić information content (AvgIpc) is 1.85. The van der Waals surface area contributed by atoms with Crippen molar-refractivity contribution in [3.05, 3.63) is 24.3 Å². The molecule has 70 valence electrons. The highest BCUT2D eigenvalue weighted by Crippen LogP contribution is 2.31. The Morgan fingerprint density at radius 2 is 1.67 bits per heavy atom. The van der Waals surface area contributed by atoms with Gasteiger partial charge in [-0.25, -0.2) is 0 Å². The van der Waals surface area contributed by atoms with Crippen molar-refractivity contribution in [1.29, 1.82) is 0 Å². The van der Waals surface area contributed by atoms with Gasteiger partial charge < -0.3 is 0 Å². The zero-order valence-corrected chi connectivity index (χ0v) is 9.20. The van der Waals surface area contributed by atoms with Gasteiger partial charge in [0.15, 0.2) is 0 Å². The van der Waals surface area contributed by atoms with E-state index in [1.54, 1.807) is 0 Å². The third-order valence-corrected chi connectivity index (χ3v) is 2.63. The smallest absolute Gasteiger partial charge is 0.0251 e. The van der Waals surface area contributed by atoms with E-state index in [9.17, 15) is 0 Å². The third kappa shape index (κ3) is 3.75. The Kier molecular flexibility index (Phi) is 3.76. The van der Waals surface area contributed by atoms with Gasteiger partial charge >= 0.3 is 0 Å². The van der Waals surface area contributed by atoms with Crippen molar-refractivity contribution in [2.24, 2.45) is 11.3 Å². The predicted octanol–water partition coefficient (Wildman–Crippen LogP) is 4.19. The molecule has 0 aliphatic heterocycles. The van der Waals surface area contributed by atoms with Crippen LogP contribution in [0.2, 0.25) is 0 Å². The lowest BCUT2D eigenvalue weighted by atomic mass is 9.78. The van der Waals surface area contributed by atoms with Crippen LogP contribution in [0, 0.1) is 11.3 Å². The highest BCUT2D eigenvalue weighted by molar-refractivity contribution is 5.22. The van der Waals surface area contributed by atoms with Crippen LogP contribution in [0.15, 0.2) is 24.3 Å². The molecule has 1 atom stereocenters. The van der Waals surface area contributed by atoms with Gasteiger partial charge in [-0.1, -0.05) is 52.0 Å². The summed E-state index contributed by atoms with van der Waals surface area (Å²) < 4.78 is 0. The third-order valence-electron chi connectivity index (χ3n) is 2.63. The molecule has 0 aromatic rings. The van der Waals surface area contributed by atoms with Crippen LogP contribution in [-0.4, -0.2) is 0 Å². The summed E-state index contributed by atoms with van der Waals surface area (Å²) in [7, 11) is 0. The van der Waals surface area contributed by atoms with Crippen LogP contribution < -0.4 is 0 Å². The molecule has 0 aromatic heterocycles. The molecule has 0 heteroatoms. The van der Waals surface area contributed by atoms with Crippen LogP contribution in [0.1, 0.15) is 41.0 Å². The molecule has 0 spiro atoms. The lowest BCUT2D eigenvalue weighted by Gasteiger charge is -2.28. The van der Waals surface area contributed by atoms with Gasteiger partial charge in [-0.2, -0.15) is 0 Å². The Balaban J connectivity index is 4.11. The maximum absolute atomic E-state index is 4.01. The highest BCUT2D eigenvalue weighted by Gasteiger charge is 2.20. The first kappa shape index (κ1) is 11.5. The molecule has 0 aliphatic rings. The molecule has 0 heterocycles. The Bertz CT molecular complexity index is 179. The van der Waals surface area contributed by atoms with Crippen molar-refractivity contribution in [3.8, 4) is 0 Å². The minimum atomic E-state index is 0.373. The monoisotopic (exact) mass is 166 g/mol. The molecule has 0 amide bonds. The van der Waals surface area contributed by atoms with E-state index < -0.39 is 0 Å². The average molecular weight is 166 g/mol. The minimum absolute atomic E-state index is 0.373. The molecule has 0 nitrogen and oxygen atoms in total. The molecule has 0 aromatic carbocycles. The van der Waals surface area contributed by atoms with Gasteiger partial charge in [-0.15, -0.1) is 0 Å². The molecular weight excluding hydrogens is 144 g/mol. The maximum Gasteiger partial charge on any atom is -0.0251 e. The summed E-state index contributed by atoms with van der Waals surface area (Å²) in [4.78, 5) is 0. The summed E-state index contributed by atoms with van der Waals surface area (Å²) in [6.07, 6.45) is 1.07. The predicted molar refractivity (Wildman–Crippen MR) is 57.2 cm³/mol. The van der Waals surface area contributed by atoms with Crippen LogP contribution in [0.25, 0.3) is 0 Å². The van der Waals surface area contributed by atoms with E-state index in [1.165, 1.54) is 5.57 Å². The largest absolute Gasteiger partial charge is 0.0959 e. The fourth-order valence-electron chi connectivity index (χ4n) is 0.850. The van der Waals surface area contributed by atoms with E-state index in [1.807, 2.05) is 6.92 Å². The normalized spacial score (nSPS) is 14.1. The number of allylic oxidation sites excluding steroid dienone is 2. The molecule has 1 unspecified atom stereocenters. The summed E-state index contributed by atoms with van der Waals surface area (Å²) in [5.41, 5.74) is 2.68. The van der Waals surface area contributed by atoms with Crippen LogP contribution in [0.3, 0.4) is 0 Å². The van der Waals surface area contributed by atoms with Gasteiger partial charge in [0, 0.05) is 0 Å². The van der Waals surface area contributed by atoms with E-state index in [4.69, 9.17) is 0 Å². The summed E-state index contributed by atoms with van der Waals surface area (Å²) in [5.74, 6) is 0.668. The topological polar surface area (TPSA) is 0 Å². The van der Waals surface area contributed by atoms with E-state index in [-0.39, 0.29) is 0 Å². The molecule has 0 aliphatic carbocycles. The minimum Gasteiger partial charge on any atom is -0.0959 e. The van der Waals surface area contributed by atoms with Crippen molar-refractivity contribution >= 4 is 0 Å². The van der Waals surface area contributed by atoms with E-state index >= 15 is 0 Å². The van der Waals surface area contributed by atoms with Crippen molar-refractivity contribution < 1.29 is 0 Å². The second kappa shape index (κ2) is 3.93. The molecule has 0 bridgehead atoms. The second-order valence-electron chi connectivity index (χ2n) is 4.86. The van der Waals surface area contributed by atoms with Crippen molar-refractivity contribution in [2.45, 2.75) is 41.0 Å². The number of hydrogen-bond acceptors (Lipinski definition) is 0. The number of hydrogen-bond donors (Lipinski definition) is 0. The fraction of sp³-hybridized carbons (Fsp3) is 0.667. The quantitative estimate of drug-likeness (QED) is 0.551. The molecule has 0 rings (SSSR count). The van der Waals surface area contributed by atoms with Crippen LogP contribution >= 0.6 is 0 Å². The summed E-state index contributed by atoms with van der Waals surface area (Å²) in [6.45, 7) is 19.0. The zero-order valence-electron chi connectivity index (χ0n) is 9.20. The SMILES string of the molecule is C=C(C)C(=C)CC(C)C(C)(C)C. The Morgan fingerprint density at radius 3 is 1.92 bits per heavy atom. The van der Waals surface area contributed by atoms with Gasteiger partial charge in [0.1, 0.15) is 0 Å². The Morgan fingerprint density at radius 1 is 1.25 bits per heavy atom. The molecule has 0 fully saturated rings. The van der Waals surface area contributed by atoms with Crippen molar-refractivity contribution in [1.82, 2.24) is 0 Å². The van der Waals surface area contributed by atoms with E-state index in [2.05, 4.69) is 40.9 Å². The molecule has 0 radical (unpaired) electrons. The first-order chi connectivity index (χ1) is 5.25. The van der Waals surface area contributed by atoms with Gasteiger partial charge in [0.25, 0.3) is 0 Å². The van der Waals surface area contributed by atoms with Gasteiger partial charge in [0.05, 0.1) is 0 Å². The Labute approximate surface area is 77.4 Å². The first-order valence-electron chi connectivity index (χ1n) is 4.58. The fourth-order valence-corrected chi connectivity index (χ4v) is 0.850. The lowest BCUT2D eigenvalue weighted by Crippen LogP contribution is -2.17. The molecule has 0 saturated carbocycles. The molecule has 0 saturated heterocycles. The molecular formula is C12H22. The molecule has 0 N–H and O–H groups in total. The van der Waals surface area contributed by atoms with E-state index in [0.29, 0.717) is 11.3 Å². The van der Waals surface area contributed by atoms with E-state index in [0.717, 1.165) is 12.0 Å². The summed E-state index contributed by atoms with van der Waals surface area (Å²) >= 11 is 0. The second-order valence-corrected chi connectivity index (χ2v) is 4.86. The van der Waals surface area contributed by atoms with Crippen LogP contribution in [0.4, 0.5) is 0 Å². The van der Waals surface area contributed by atoms with Gasteiger partial charge in [0.2, 0.25) is 0 Å². The van der Waals surface area contributed by atoms with Crippen molar-refractivity contribution in [3.63, 3.8) is 0 Å². The Hall–Kier alpha value is -0.520. The van der Waals surface area contributed by atoms with Crippen LogP contribution in [-0.2, 0) is 0 Å². The zero-order chi connectivity index (χ0) is 9.94. The van der Waals surface area contributed by atoms with Gasteiger partial charge in [-0.05, 0) is 24.7 Å². The lowest BCUT2D eigenvalue weighted by molar-refractivity contribution is 0.261. The van der Waals surface area contributed by atoms with Crippen molar-refractivity contribution in [2.75, 3.05) is 0 Å². The standard InChI is InChI=1S/C12H22/c1-9(2)10(3)8-11(4)12(5,6)7/h11H,1,3,8H2,2,4-7H3. The van der Waals surface area contributed by atoms with Gasteiger partial charge in [-0.3, -0.25) is 0 Å². The summed E-state index contributed by atoms with van der Waals surface area (Å²) in [5, 5.41) is 0. The number of rotatable bonds is 3. The highest BCUT2D eigenvalue weighted by atomic mass is 14.3. The van der Waals surface area contributed by atoms with Crippen LogP contribution in [0.5, 0.6) is 0 Å². The summed E-state index contributed by atoms with van der Waals surface area (Å²) in [6, 6.07) is 0. The molecule has 12 heavy (non-hydrogen) atoms. The maximum atomic E-state index is 4.01.